The molecule has 7 heteroatoms. The summed E-state index contributed by atoms with van der Waals surface area (Å²) in [4.78, 5) is 38.2. The second kappa shape index (κ2) is 10.1. The molecule has 1 aliphatic heterocycles. The molecule has 0 spiro atoms. The molecule has 0 bridgehead atoms. The zero-order chi connectivity index (χ0) is 22.3. The van der Waals surface area contributed by atoms with Gasteiger partial charge in [-0.2, -0.15) is 0 Å². The van der Waals surface area contributed by atoms with Crippen molar-refractivity contribution in [2.45, 2.75) is 31.7 Å². The van der Waals surface area contributed by atoms with Crippen molar-refractivity contribution < 1.29 is 19.1 Å². The van der Waals surface area contributed by atoms with Crippen molar-refractivity contribution in [2.24, 2.45) is 0 Å². The van der Waals surface area contributed by atoms with Gasteiger partial charge in [0.2, 0.25) is 5.91 Å². The van der Waals surface area contributed by atoms with Crippen molar-refractivity contribution in [1.29, 1.82) is 0 Å². The molecule has 2 aromatic carbocycles. The number of anilines is 1. The third-order valence-electron chi connectivity index (χ3n) is 5.44. The minimum atomic E-state index is -0.286. The van der Waals surface area contributed by atoms with Gasteiger partial charge in [-0.25, -0.2) is 0 Å². The number of amides is 3. The molecule has 2 aliphatic rings. The first-order valence-electron chi connectivity index (χ1n) is 11.0. The number of nitrogens with one attached hydrogen (secondary N) is 2. The van der Waals surface area contributed by atoms with E-state index in [0.29, 0.717) is 23.0 Å². The van der Waals surface area contributed by atoms with Crippen LogP contribution in [0, 0.1) is 0 Å². The van der Waals surface area contributed by atoms with Crippen LogP contribution < -0.4 is 15.4 Å². The van der Waals surface area contributed by atoms with Crippen molar-refractivity contribution in [1.82, 2.24) is 10.2 Å². The summed E-state index contributed by atoms with van der Waals surface area (Å²) < 4.78 is 5.60. The molecule has 7 nitrogen and oxygen atoms in total. The number of carbonyl (C=O) groups excluding carboxylic acids is 3. The van der Waals surface area contributed by atoms with Gasteiger partial charge < -0.3 is 20.3 Å². The SMILES string of the molecule is O=C(/C=C/c1ccc(C(=O)NC2CC2)cc1)Nc1cccc(OCC(=O)N2CCCC2)c1. The van der Waals surface area contributed by atoms with Gasteiger partial charge >= 0.3 is 0 Å². The number of hydrogen-bond acceptors (Lipinski definition) is 4. The van der Waals surface area contributed by atoms with Crippen LogP contribution in [0.1, 0.15) is 41.6 Å². The van der Waals surface area contributed by atoms with Crippen LogP contribution in [0.5, 0.6) is 5.75 Å². The number of hydrogen-bond donors (Lipinski definition) is 2. The van der Waals surface area contributed by atoms with E-state index < -0.39 is 0 Å². The Morgan fingerprint density at radius 1 is 1.03 bits per heavy atom. The standard InChI is InChI=1S/C25H27N3O4/c29-23(13-8-18-6-9-19(10-7-18)25(31)27-20-11-12-20)26-21-4-3-5-22(16-21)32-17-24(30)28-14-1-2-15-28/h3-10,13,16,20H,1-2,11-12,14-15,17H2,(H,26,29)(H,27,31)/b13-8+. The normalized spacial score (nSPS) is 15.6. The molecular weight excluding hydrogens is 406 g/mol. The van der Waals surface area contributed by atoms with E-state index in [1.54, 1.807) is 54.6 Å². The topological polar surface area (TPSA) is 87.7 Å². The Hall–Kier alpha value is -3.61. The molecule has 2 fully saturated rings. The Labute approximate surface area is 187 Å². The smallest absolute Gasteiger partial charge is 0.260 e. The van der Waals surface area contributed by atoms with E-state index in [0.717, 1.165) is 44.3 Å². The molecular formula is C25H27N3O4. The van der Waals surface area contributed by atoms with Gasteiger partial charge in [-0.1, -0.05) is 18.2 Å². The van der Waals surface area contributed by atoms with Crippen molar-refractivity contribution in [3.8, 4) is 5.75 Å². The fourth-order valence-corrected chi connectivity index (χ4v) is 3.46. The van der Waals surface area contributed by atoms with E-state index in [-0.39, 0.29) is 24.3 Å². The summed E-state index contributed by atoms with van der Waals surface area (Å²) in [5, 5.41) is 5.74. The van der Waals surface area contributed by atoms with E-state index in [1.165, 1.54) is 6.08 Å². The summed E-state index contributed by atoms with van der Waals surface area (Å²) >= 11 is 0. The zero-order valence-electron chi connectivity index (χ0n) is 17.9. The van der Waals surface area contributed by atoms with Crippen molar-refractivity contribution >= 4 is 29.5 Å². The van der Waals surface area contributed by atoms with E-state index in [2.05, 4.69) is 10.6 Å². The first kappa shape index (κ1) is 21.6. The van der Waals surface area contributed by atoms with E-state index in [4.69, 9.17) is 4.74 Å². The van der Waals surface area contributed by atoms with Crippen LogP contribution in [0.4, 0.5) is 5.69 Å². The highest BCUT2D eigenvalue weighted by molar-refractivity contribution is 6.02. The average Bonchev–Trinajstić information content (AvgIpc) is 3.44. The molecule has 3 amide bonds. The number of carbonyl (C=O) groups is 3. The third-order valence-corrected chi connectivity index (χ3v) is 5.44. The van der Waals surface area contributed by atoms with Gasteiger partial charge in [0.05, 0.1) is 0 Å². The molecule has 32 heavy (non-hydrogen) atoms. The predicted octanol–water partition coefficient (Wildman–Crippen LogP) is 3.23. The second-order valence-electron chi connectivity index (χ2n) is 8.10. The number of rotatable bonds is 8. The lowest BCUT2D eigenvalue weighted by Crippen LogP contribution is -2.32. The monoisotopic (exact) mass is 433 g/mol. The van der Waals surface area contributed by atoms with Crippen LogP contribution in [0.2, 0.25) is 0 Å². The van der Waals surface area contributed by atoms with Crippen molar-refractivity contribution in [2.75, 3.05) is 25.0 Å². The van der Waals surface area contributed by atoms with Crippen molar-refractivity contribution in [3.63, 3.8) is 0 Å². The number of nitrogens with zero attached hydrogens (tertiary/aromatic N) is 1. The minimum Gasteiger partial charge on any atom is -0.484 e. The quantitative estimate of drug-likeness (QED) is 0.626. The Morgan fingerprint density at radius 3 is 2.50 bits per heavy atom. The van der Waals surface area contributed by atoms with Crippen LogP contribution in [-0.4, -0.2) is 48.4 Å². The van der Waals surface area contributed by atoms with Crippen LogP contribution in [-0.2, 0) is 9.59 Å². The van der Waals surface area contributed by atoms with Gasteiger partial charge in [-0.15, -0.1) is 0 Å². The second-order valence-corrected chi connectivity index (χ2v) is 8.10. The fraction of sp³-hybridized carbons (Fsp3) is 0.320. The summed E-state index contributed by atoms with van der Waals surface area (Å²) in [6.07, 6.45) is 7.30. The molecule has 2 N–H and O–H groups in total. The maximum atomic E-state index is 12.3. The minimum absolute atomic E-state index is 0.00796. The molecule has 0 unspecified atom stereocenters. The molecule has 0 atom stereocenters. The molecule has 1 aliphatic carbocycles. The lowest BCUT2D eigenvalue weighted by molar-refractivity contribution is -0.132. The Morgan fingerprint density at radius 2 is 1.78 bits per heavy atom. The Balaban J connectivity index is 1.26. The predicted molar refractivity (Wildman–Crippen MR) is 122 cm³/mol. The zero-order valence-corrected chi connectivity index (χ0v) is 17.9. The lowest BCUT2D eigenvalue weighted by atomic mass is 10.1. The molecule has 0 radical (unpaired) electrons. The van der Waals surface area contributed by atoms with E-state index in [9.17, 15) is 14.4 Å². The highest BCUT2D eigenvalue weighted by atomic mass is 16.5. The van der Waals surface area contributed by atoms with Gasteiger partial charge in [-0.05, 0) is 61.6 Å². The Kier molecular flexibility index (Phi) is 6.84. The van der Waals surface area contributed by atoms with Crippen LogP contribution in [0.15, 0.2) is 54.6 Å². The number of ether oxygens (including phenoxy) is 1. The average molecular weight is 434 g/mol. The first-order valence-corrected chi connectivity index (χ1v) is 11.0. The van der Waals surface area contributed by atoms with Crippen molar-refractivity contribution in [3.05, 3.63) is 65.7 Å². The fourth-order valence-electron chi connectivity index (χ4n) is 3.46. The maximum absolute atomic E-state index is 12.3. The Bertz CT molecular complexity index is 1010. The largest absolute Gasteiger partial charge is 0.484 e. The van der Waals surface area contributed by atoms with Gasteiger partial charge in [0.15, 0.2) is 6.61 Å². The maximum Gasteiger partial charge on any atom is 0.260 e. The van der Waals surface area contributed by atoms with Gasteiger partial charge in [0.1, 0.15) is 5.75 Å². The molecule has 1 saturated heterocycles. The van der Waals surface area contributed by atoms with Gasteiger partial charge in [0, 0.05) is 42.5 Å². The lowest BCUT2D eigenvalue weighted by Gasteiger charge is -2.15. The third kappa shape index (κ3) is 6.20. The molecule has 2 aromatic rings. The number of likely N-dealkylation sites (tertiary alicyclic amines) is 1. The summed E-state index contributed by atoms with van der Waals surface area (Å²) in [5.41, 5.74) is 2.01. The molecule has 1 heterocycles. The summed E-state index contributed by atoms with van der Waals surface area (Å²) in [7, 11) is 0. The molecule has 0 aromatic heterocycles. The van der Waals surface area contributed by atoms with Gasteiger partial charge in [-0.3, -0.25) is 14.4 Å². The molecule has 1 saturated carbocycles. The first-order chi connectivity index (χ1) is 15.6. The van der Waals surface area contributed by atoms with Gasteiger partial charge in [0.25, 0.3) is 11.8 Å². The summed E-state index contributed by atoms with van der Waals surface area (Å²) in [6.45, 7) is 1.58. The molecule has 4 rings (SSSR count). The van der Waals surface area contributed by atoms with E-state index >= 15 is 0 Å². The van der Waals surface area contributed by atoms with Crippen LogP contribution in [0.25, 0.3) is 6.08 Å². The highest BCUT2D eigenvalue weighted by Gasteiger charge is 2.23. The highest BCUT2D eigenvalue weighted by Crippen LogP contribution is 2.20. The summed E-state index contributed by atoms with van der Waals surface area (Å²) in [6, 6.07) is 14.4. The molecule has 166 valence electrons. The van der Waals surface area contributed by atoms with E-state index in [1.807, 2.05) is 4.90 Å². The van der Waals surface area contributed by atoms with Crippen LogP contribution in [0.3, 0.4) is 0 Å². The van der Waals surface area contributed by atoms with Crippen LogP contribution >= 0.6 is 0 Å². The number of benzene rings is 2. The summed E-state index contributed by atoms with van der Waals surface area (Å²) in [5.74, 6) is 0.158.